The van der Waals surface area contributed by atoms with Gasteiger partial charge in [-0.3, -0.25) is 4.79 Å². The average Bonchev–Trinajstić information content (AvgIpc) is 2.16. The minimum atomic E-state index is 0.251. The summed E-state index contributed by atoms with van der Waals surface area (Å²) in [6, 6.07) is 4.96. The summed E-state index contributed by atoms with van der Waals surface area (Å²) < 4.78 is 0. The lowest BCUT2D eigenvalue weighted by atomic mass is 10.1. The maximum Gasteiger partial charge on any atom is 0.151 e. The van der Waals surface area contributed by atoms with Crippen LogP contribution in [0.5, 0.6) is 0 Å². The molecule has 0 aliphatic rings. The maximum atomic E-state index is 10.6. The number of rotatable bonds is 1. The summed E-state index contributed by atoms with van der Waals surface area (Å²) in [5, 5.41) is 0.526. The molecule has 0 N–H and O–H groups in total. The molecule has 13 heavy (non-hydrogen) atoms. The van der Waals surface area contributed by atoms with Gasteiger partial charge in [0.1, 0.15) is 0 Å². The Labute approximate surface area is 86.7 Å². The van der Waals surface area contributed by atoms with E-state index in [0.717, 1.165) is 6.29 Å². The van der Waals surface area contributed by atoms with Gasteiger partial charge in [0.05, 0.1) is 5.88 Å². The minimum Gasteiger partial charge on any atom is -0.298 e. The molecule has 0 aliphatic carbocycles. The van der Waals surface area contributed by atoms with Crippen molar-refractivity contribution >= 4 is 29.5 Å². The van der Waals surface area contributed by atoms with Gasteiger partial charge in [-0.1, -0.05) is 23.4 Å². The second-order valence-corrected chi connectivity index (χ2v) is 2.99. The fraction of sp³-hybridized carbons (Fsp3) is 0.100. The molecule has 0 heterocycles. The number of benzene rings is 1. The number of hydrogen-bond donors (Lipinski definition) is 0. The van der Waals surface area contributed by atoms with Gasteiger partial charge < -0.3 is 0 Å². The Kier molecular flexibility index (Phi) is 3.82. The lowest BCUT2D eigenvalue weighted by molar-refractivity contribution is 0.112. The molecular formula is C10H6Cl2O. The molecule has 0 aromatic heterocycles. The molecule has 66 valence electrons. The van der Waals surface area contributed by atoms with Gasteiger partial charge in [0.15, 0.2) is 6.29 Å². The Morgan fingerprint density at radius 1 is 1.46 bits per heavy atom. The van der Waals surface area contributed by atoms with Crippen LogP contribution in [0.15, 0.2) is 18.2 Å². The Balaban J connectivity index is 3.13. The van der Waals surface area contributed by atoms with E-state index >= 15 is 0 Å². The van der Waals surface area contributed by atoms with E-state index in [1.54, 1.807) is 18.2 Å². The van der Waals surface area contributed by atoms with Crippen molar-refractivity contribution in [2.45, 2.75) is 0 Å². The highest BCUT2D eigenvalue weighted by atomic mass is 35.5. The fourth-order valence-electron chi connectivity index (χ4n) is 0.874. The molecule has 3 heteroatoms. The molecule has 0 amide bonds. The molecule has 0 saturated carbocycles. The summed E-state index contributed by atoms with van der Waals surface area (Å²) in [6.07, 6.45) is 0.726. The number of carbonyl (C=O) groups is 1. The van der Waals surface area contributed by atoms with E-state index in [0.29, 0.717) is 16.1 Å². The van der Waals surface area contributed by atoms with Gasteiger partial charge in [0, 0.05) is 16.1 Å². The number of aldehydes is 1. The van der Waals surface area contributed by atoms with E-state index in [2.05, 4.69) is 11.8 Å². The summed E-state index contributed by atoms with van der Waals surface area (Å²) in [5.74, 6) is 5.69. The normalized spacial score (nSPS) is 8.77. The molecule has 0 aliphatic heterocycles. The SMILES string of the molecule is O=Cc1cc(Cl)ccc1C#CCCl. The molecule has 0 radical (unpaired) electrons. The fourth-order valence-corrected chi connectivity index (χ4v) is 1.12. The first-order chi connectivity index (χ1) is 6.27. The highest BCUT2D eigenvalue weighted by molar-refractivity contribution is 6.30. The molecule has 0 atom stereocenters. The number of hydrogen-bond acceptors (Lipinski definition) is 1. The first-order valence-corrected chi connectivity index (χ1v) is 4.48. The van der Waals surface area contributed by atoms with Crippen molar-refractivity contribution in [3.05, 3.63) is 34.3 Å². The van der Waals surface area contributed by atoms with Crippen molar-refractivity contribution in [2.24, 2.45) is 0 Å². The van der Waals surface area contributed by atoms with E-state index in [4.69, 9.17) is 23.2 Å². The van der Waals surface area contributed by atoms with Crippen molar-refractivity contribution in [3.63, 3.8) is 0 Å². The van der Waals surface area contributed by atoms with Crippen molar-refractivity contribution in [1.82, 2.24) is 0 Å². The quantitative estimate of drug-likeness (QED) is 0.398. The molecule has 0 saturated heterocycles. The molecule has 1 aromatic carbocycles. The third-order valence-corrected chi connectivity index (χ3v) is 1.80. The lowest BCUT2D eigenvalue weighted by Gasteiger charge is -1.96. The van der Waals surface area contributed by atoms with Gasteiger partial charge in [-0.15, -0.1) is 11.6 Å². The first kappa shape index (κ1) is 10.1. The summed E-state index contributed by atoms with van der Waals surface area (Å²) in [4.78, 5) is 10.6. The van der Waals surface area contributed by atoms with Gasteiger partial charge >= 0.3 is 0 Å². The maximum absolute atomic E-state index is 10.6. The largest absolute Gasteiger partial charge is 0.298 e. The minimum absolute atomic E-state index is 0.251. The first-order valence-electron chi connectivity index (χ1n) is 3.57. The molecule has 0 spiro atoms. The summed E-state index contributed by atoms with van der Waals surface area (Å²) >= 11 is 11.1. The van der Waals surface area contributed by atoms with E-state index in [-0.39, 0.29) is 5.88 Å². The second kappa shape index (κ2) is 4.91. The van der Waals surface area contributed by atoms with Crippen LogP contribution >= 0.6 is 23.2 Å². The van der Waals surface area contributed by atoms with Crippen LogP contribution in [0.2, 0.25) is 5.02 Å². The Morgan fingerprint density at radius 3 is 2.85 bits per heavy atom. The standard InChI is InChI=1S/C10H6Cl2O/c11-5-1-2-8-3-4-10(12)6-9(8)7-13/h3-4,6-7H,5H2. The molecule has 0 fully saturated rings. The van der Waals surface area contributed by atoms with Gasteiger partial charge in [0.2, 0.25) is 0 Å². The third-order valence-electron chi connectivity index (χ3n) is 1.43. The Bertz CT molecular complexity index is 374. The predicted octanol–water partition coefficient (Wildman–Crippen LogP) is 2.74. The van der Waals surface area contributed by atoms with Crippen molar-refractivity contribution in [2.75, 3.05) is 5.88 Å². The number of alkyl halides is 1. The van der Waals surface area contributed by atoms with Gasteiger partial charge in [-0.2, -0.15) is 0 Å². The highest BCUT2D eigenvalue weighted by Crippen LogP contribution is 2.13. The van der Waals surface area contributed by atoms with Crippen LogP contribution in [0, 0.1) is 11.8 Å². The average molecular weight is 213 g/mol. The third kappa shape index (κ3) is 2.77. The van der Waals surface area contributed by atoms with Crippen LogP contribution in [-0.2, 0) is 0 Å². The van der Waals surface area contributed by atoms with Gasteiger partial charge in [0.25, 0.3) is 0 Å². The van der Waals surface area contributed by atoms with Crippen LogP contribution in [0.4, 0.5) is 0 Å². The van der Waals surface area contributed by atoms with Gasteiger partial charge in [-0.05, 0) is 18.2 Å². The molecular weight excluding hydrogens is 207 g/mol. The summed E-state index contributed by atoms with van der Waals surface area (Å²) in [5.41, 5.74) is 1.14. The van der Waals surface area contributed by atoms with Crippen LogP contribution < -0.4 is 0 Å². The number of carbonyl (C=O) groups excluding carboxylic acids is 1. The number of halogens is 2. The second-order valence-electron chi connectivity index (χ2n) is 2.28. The predicted molar refractivity (Wildman–Crippen MR) is 54.4 cm³/mol. The van der Waals surface area contributed by atoms with Crippen molar-refractivity contribution in [3.8, 4) is 11.8 Å². The van der Waals surface area contributed by atoms with E-state index in [1.165, 1.54) is 0 Å². The molecule has 1 aromatic rings. The topological polar surface area (TPSA) is 17.1 Å². The van der Waals surface area contributed by atoms with Crippen molar-refractivity contribution in [1.29, 1.82) is 0 Å². The molecule has 1 nitrogen and oxygen atoms in total. The monoisotopic (exact) mass is 212 g/mol. The molecule has 0 bridgehead atoms. The summed E-state index contributed by atoms with van der Waals surface area (Å²) in [7, 11) is 0. The Morgan fingerprint density at radius 2 is 2.23 bits per heavy atom. The van der Waals surface area contributed by atoms with E-state index < -0.39 is 0 Å². The zero-order valence-electron chi connectivity index (χ0n) is 6.68. The zero-order chi connectivity index (χ0) is 9.68. The van der Waals surface area contributed by atoms with E-state index in [9.17, 15) is 4.79 Å². The van der Waals surface area contributed by atoms with Crippen LogP contribution in [0.3, 0.4) is 0 Å². The zero-order valence-corrected chi connectivity index (χ0v) is 8.19. The molecule has 1 rings (SSSR count). The Hall–Kier alpha value is -0.970. The van der Waals surface area contributed by atoms with E-state index in [1.807, 2.05) is 0 Å². The van der Waals surface area contributed by atoms with Crippen LogP contribution in [0.25, 0.3) is 0 Å². The van der Waals surface area contributed by atoms with Gasteiger partial charge in [-0.25, -0.2) is 0 Å². The van der Waals surface area contributed by atoms with Crippen LogP contribution in [0.1, 0.15) is 15.9 Å². The highest BCUT2D eigenvalue weighted by Gasteiger charge is 1.98. The van der Waals surface area contributed by atoms with Crippen molar-refractivity contribution < 1.29 is 4.79 Å². The molecule has 0 unspecified atom stereocenters. The lowest BCUT2D eigenvalue weighted by Crippen LogP contribution is -1.86. The smallest absolute Gasteiger partial charge is 0.151 e. The van der Waals surface area contributed by atoms with Crippen LogP contribution in [-0.4, -0.2) is 12.2 Å². The summed E-state index contributed by atoms with van der Waals surface area (Å²) in [6.45, 7) is 0.